The maximum absolute atomic E-state index is 11.7. The number of rotatable bonds is 9. The monoisotopic (exact) mass is 385 g/mol. The number of carbonyl (C=O) groups is 1. The second-order valence-electron chi connectivity index (χ2n) is 7.35. The summed E-state index contributed by atoms with van der Waals surface area (Å²) in [4.78, 5) is 18.5. The van der Waals surface area contributed by atoms with Gasteiger partial charge in [0.25, 0.3) is 0 Å². The summed E-state index contributed by atoms with van der Waals surface area (Å²) in [5, 5.41) is 3.02. The summed E-state index contributed by atoms with van der Waals surface area (Å²) in [6.07, 6.45) is 7.62. The Morgan fingerprint density at radius 2 is 2.14 bits per heavy atom. The zero-order valence-electron chi connectivity index (χ0n) is 16.6. The number of hydrogen-bond acceptors (Lipinski definition) is 5. The number of nitrogens with one attached hydrogen (secondary N) is 1. The Morgan fingerprint density at radius 3 is 2.86 bits per heavy atom. The molecule has 28 heavy (non-hydrogen) atoms. The van der Waals surface area contributed by atoms with Crippen molar-refractivity contribution >= 4 is 5.91 Å². The number of piperidine rings is 1. The van der Waals surface area contributed by atoms with Gasteiger partial charge in [0.2, 0.25) is 5.91 Å². The average molecular weight is 386 g/mol. The van der Waals surface area contributed by atoms with Crippen LogP contribution in [-0.4, -0.2) is 46.0 Å². The van der Waals surface area contributed by atoms with Gasteiger partial charge in [0, 0.05) is 51.5 Å². The number of imidazole rings is 1. The summed E-state index contributed by atoms with van der Waals surface area (Å²) >= 11 is 0. The van der Waals surface area contributed by atoms with Crippen molar-refractivity contribution in [2.24, 2.45) is 12.8 Å². The van der Waals surface area contributed by atoms with E-state index in [4.69, 9.17) is 10.5 Å². The lowest BCUT2D eigenvalue weighted by Gasteiger charge is -2.36. The van der Waals surface area contributed by atoms with Gasteiger partial charge in [0.15, 0.2) is 0 Å². The molecule has 0 saturated carbocycles. The fraction of sp³-hybridized carbons (Fsp3) is 0.524. The first-order valence-electron chi connectivity index (χ1n) is 10.0. The zero-order valence-corrected chi connectivity index (χ0v) is 16.6. The summed E-state index contributed by atoms with van der Waals surface area (Å²) in [5.41, 5.74) is 6.70. The summed E-state index contributed by atoms with van der Waals surface area (Å²) in [7, 11) is 1.96. The molecule has 7 nitrogen and oxygen atoms in total. The smallest absolute Gasteiger partial charge is 0.221 e. The minimum atomic E-state index is 0.0437. The third kappa shape index (κ3) is 5.81. The van der Waals surface area contributed by atoms with Gasteiger partial charge in [0.05, 0.1) is 0 Å². The number of carbonyl (C=O) groups excluding carboxylic acids is 1. The van der Waals surface area contributed by atoms with Crippen LogP contribution in [0.5, 0.6) is 5.75 Å². The van der Waals surface area contributed by atoms with Gasteiger partial charge < -0.3 is 20.4 Å². The van der Waals surface area contributed by atoms with Crippen molar-refractivity contribution in [3.05, 3.63) is 48.0 Å². The minimum Gasteiger partial charge on any atom is -0.486 e. The molecule has 1 fully saturated rings. The van der Waals surface area contributed by atoms with Gasteiger partial charge in [-0.15, -0.1) is 0 Å². The molecule has 0 spiro atoms. The number of amides is 1. The Balaban J connectivity index is 1.51. The van der Waals surface area contributed by atoms with Crippen LogP contribution >= 0.6 is 0 Å². The lowest BCUT2D eigenvalue weighted by atomic mass is 10.0. The molecule has 1 aromatic heterocycles. The van der Waals surface area contributed by atoms with E-state index in [1.807, 2.05) is 29.9 Å². The average Bonchev–Trinajstić information content (AvgIpc) is 3.12. The van der Waals surface area contributed by atoms with Crippen LogP contribution in [0.2, 0.25) is 0 Å². The molecule has 7 heteroatoms. The quantitative estimate of drug-likeness (QED) is 0.688. The van der Waals surface area contributed by atoms with Crippen LogP contribution in [0.1, 0.15) is 37.1 Å². The van der Waals surface area contributed by atoms with Gasteiger partial charge in [-0.25, -0.2) is 4.98 Å². The number of nitrogens with two attached hydrogens (primary N) is 1. The molecule has 2 aromatic rings. The maximum Gasteiger partial charge on any atom is 0.221 e. The molecular weight excluding hydrogens is 354 g/mol. The number of aryl methyl sites for hydroxylation is 1. The second-order valence-corrected chi connectivity index (χ2v) is 7.35. The summed E-state index contributed by atoms with van der Waals surface area (Å²) < 4.78 is 7.79. The van der Waals surface area contributed by atoms with Crippen molar-refractivity contribution in [3.8, 4) is 5.75 Å². The predicted molar refractivity (Wildman–Crippen MR) is 109 cm³/mol. The molecule has 152 valence electrons. The molecule has 0 bridgehead atoms. The molecule has 1 aliphatic heterocycles. The van der Waals surface area contributed by atoms with Gasteiger partial charge in [-0.3, -0.25) is 9.69 Å². The van der Waals surface area contributed by atoms with Crippen molar-refractivity contribution in [2.45, 2.75) is 44.9 Å². The molecule has 1 aromatic carbocycles. The molecule has 2 heterocycles. The standard InChI is InChI=1S/C21H31N5O2/c1-25-13-11-23-20(25)16-28-19-7-5-17(6-8-19)15-26-12-3-2-4-18(26)14-24-21(27)9-10-22/h5-8,11,13,18H,2-4,9-10,12,14-16,22H2,1H3,(H,24,27). The Labute approximate surface area is 166 Å². The van der Waals surface area contributed by atoms with Gasteiger partial charge in [-0.2, -0.15) is 0 Å². The number of aromatic nitrogens is 2. The van der Waals surface area contributed by atoms with Crippen molar-refractivity contribution in [1.82, 2.24) is 19.8 Å². The van der Waals surface area contributed by atoms with Crippen LogP contribution in [0.15, 0.2) is 36.7 Å². The molecule has 1 aliphatic rings. The molecule has 1 atom stereocenters. The highest BCUT2D eigenvalue weighted by Crippen LogP contribution is 2.21. The van der Waals surface area contributed by atoms with Crippen molar-refractivity contribution in [3.63, 3.8) is 0 Å². The third-order valence-corrected chi connectivity index (χ3v) is 5.25. The molecule has 0 aliphatic carbocycles. The predicted octanol–water partition coefficient (Wildman–Crippen LogP) is 1.82. The molecule has 1 amide bonds. The fourth-order valence-corrected chi connectivity index (χ4v) is 3.56. The zero-order chi connectivity index (χ0) is 19.8. The number of benzene rings is 1. The highest BCUT2D eigenvalue weighted by molar-refractivity contribution is 5.76. The third-order valence-electron chi connectivity index (χ3n) is 5.25. The lowest BCUT2D eigenvalue weighted by Crippen LogP contribution is -2.46. The molecule has 0 radical (unpaired) electrons. The van der Waals surface area contributed by atoms with Crippen LogP contribution in [0, 0.1) is 0 Å². The van der Waals surface area contributed by atoms with E-state index in [-0.39, 0.29) is 5.91 Å². The van der Waals surface area contributed by atoms with Gasteiger partial charge in [-0.1, -0.05) is 18.6 Å². The van der Waals surface area contributed by atoms with E-state index in [1.54, 1.807) is 6.20 Å². The van der Waals surface area contributed by atoms with Crippen molar-refractivity contribution < 1.29 is 9.53 Å². The molecule has 3 rings (SSSR count). The summed E-state index contributed by atoms with van der Waals surface area (Å²) in [6.45, 7) is 3.50. The van der Waals surface area contributed by atoms with Gasteiger partial charge in [-0.05, 0) is 37.1 Å². The number of ether oxygens (including phenoxy) is 1. The Morgan fingerprint density at radius 1 is 1.32 bits per heavy atom. The van der Waals surface area contributed by atoms with Crippen LogP contribution in [0.25, 0.3) is 0 Å². The van der Waals surface area contributed by atoms with E-state index in [0.717, 1.165) is 31.1 Å². The summed E-state index contributed by atoms with van der Waals surface area (Å²) in [6, 6.07) is 8.65. The molecule has 1 saturated heterocycles. The van der Waals surface area contributed by atoms with Crippen LogP contribution in [0.3, 0.4) is 0 Å². The van der Waals surface area contributed by atoms with E-state index in [1.165, 1.54) is 18.4 Å². The lowest BCUT2D eigenvalue weighted by molar-refractivity contribution is -0.121. The maximum atomic E-state index is 11.7. The van der Waals surface area contributed by atoms with Gasteiger partial charge in [0.1, 0.15) is 18.2 Å². The SMILES string of the molecule is Cn1ccnc1COc1ccc(CN2CCCCC2CNC(=O)CCN)cc1. The Bertz CT molecular complexity index is 744. The molecular formula is C21H31N5O2. The largest absolute Gasteiger partial charge is 0.486 e. The van der Waals surface area contributed by atoms with E-state index in [0.29, 0.717) is 32.2 Å². The van der Waals surface area contributed by atoms with E-state index in [2.05, 4.69) is 27.3 Å². The molecule has 1 unspecified atom stereocenters. The van der Waals surface area contributed by atoms with Crippen molar-refractivity contribution in [2.75, 3.05) is 19.6 Å². The first kappa shape index (κ1) is 20.4. The fourth-order valence-electron chi connectivity index (χ4n) is 3.56. The summed E-state index contributed by atoms with van der Waals surface area (Å²) in [5.74, 6) is 1.79. The highest BCUT2D eigenvalue weighted by Gasteiger charge is 2.22. The van der Waals surface area contributed by atoms with Gasteiger partial charge >= 0.3 is 0 Å². The van der Waals surface area contributed by atoms with E-state index >= 15 is 0 Å². The second kappa shape index (κ2) is 10.2. The normalized spacial score (nSPS) is 17.4. The first-order valence-corrected chi connectivity index (χ1v) is 10.0. The van der Waals surface area contributed by atoms with Crippen LogP contribution in [-0.2, 0) is 25.0 Å². The number of hydrogen-bond donors (Lipinski definition) is 2. The topological polar surface area (TPSA) is 85.4 Å². The first-order chi connectivity index (χ1) is 13.7. The van der Waals surface area contributed by atoms with Crippen molar-refractivity contribution in [1.29, 1.82) is 0 Å². The highest BCUT2D eigenvalue weighted by atomic mass is 16.5. The molecule has 3 N–H and O–H groups in total. The Hall–Kier alpha value is -2.38. The number of likely N-dealkylation sites (tertiary alicyclic amines) is 1. The van der Waals surface area contributed by atoms with Crippen LogP contribution in [0.4, 0.5) is 0 Å². The van der Waals surface area contributed by atoms with E-state index in [9.17, 15) is 4.79 Å². The van der Waals surface area contributed by atoms with Crippen LogP contribution < -0.4 is 15.8 Å². The van der Waals surface area contributed by atoms with E-state index < -0.39 is 0 Å². The number of nitrogens with zero attached hydrogens (tertiary/aromatic N) is 3. The minimum absolute atomic E-state index is 0.0437. The Kier molecular flexibility index (Phi) is 7.45.